The molecule has 1 aromatic carbocycles. The predicted molar refractivity (Wildman–Crippen MR) is 69.4 cm³/mol. The van der Waals surface area contributed by atoms with E-state index in [0.29, 0.717) is 10.5 Å². The zero-order chi connectivity index (χ0) is 12.3. The molecule has 0 aliphatic carbocycles. The minimum atomic E-state index is -1.46. The first-order valence-corrected chi connectivity index (χ1v) is 6.12. The lowest BCUT2D eigenvalue weighted by atomic mass is 9.80. The Morgan fingerprint density at radius 1 is 1.29 bits per heavy atom. The van der Waals surface area contributed by atoms with Gasteiger partial charge in [-0.15, -0.1) is 0 Å². The molecular formula is C11H16BClN2O2. The van der Waals surface area contributed by atoms with E-state index in [-0.39, 0.29) is 0 Å². The Balaban J connectivity index is 2.05. The smallest absolute Gasteiger partial charge is 0.423 e. The monoisotopic (exact) mass is 254 g/mol. The molecule has 3 N–H and O–H groups in total. The SMILES string of the molecule is OB(O)c1ccc(CN2CCNCC2)c(Cl)c1. The standard InChI is InChI=1S/C11H16BClN2O2/c13-11-7-10(12(16)17)2-1-9(11)8-15-5-3-14-4-6-15/h1-2,7,14,16-17H,3-6,8H2. The van der Waals surface area contributed by atoms with Gasteiger partial charge in [0.1, 0.15) is 0 Å². The van der Waals surface area contributed by atoms with Gasteiger partial charge in [0.25, 0.3) is 0 Å². The largest absolute Gasteiger partial charge is 0.488 e. The Morgan fingerprint density at radius 2 is 2.00 bits per heavy atom. The minimum absolute atomic E-state index is 0.430. The van der Waals surface area contributed by atoms with Crippen molar-refractivity contribution in [2.45, 2.75) is 6.54 Å². The highest BCUT2D eigenvalue weighted by Gasteiger charge is 2.15. The Bertz CT molecular complexity index is 384. The van der Waals surface area contributed by atoms with Gasteiger partial charge in [-0.3, -0.25) is 4.90 Å². The minimum Gasteiger partial charge on any atom is -0.423 e. The first-order chi connectivity index (χ1) is 8.16. The number of nitrogens with zero attached hydrogens (tertiary/aromatic N) is 1. The lowest BCUT2D eigenvalue weighted by molar-refractivity contribution is 0.233. The molecule has 1 saturated heterocycles. The van der Waals surface area contributed by atoms with E-state index in [0.717, 1.165) is 38.3 Å². The Hall–Kier alpha value is -0.585. The maximum absolute atomic E-state index is 9.04. The molecule has 0 aromatic heterocycles. The highest BCUT2D eigenvalue weighted by molar-refractivity contribution is 6.59. The van der Waals surface area contributed by atoms with Crippen LogP contribution in [-0.2, 0) is 6.54 Å². The van der Waals surface area contributed by atoms with Crippen molar-refractivity contribution < 1.29 is 10.0 Å². The van der Waals surface area contributed by atoms with E-state index in [1.54, 1.807) is 12.1 Å². The molecule has 0 radical (unpaired) electrons. The summed E-state index contributed by atoms with van der Waals surface area (Å²) >= 11 is 6.13. The van der Waals surface area contributed by atoms with Gasteiger partial charge in [0.05, 0.1) is 0 Å². The molecule has 0 unspecified atom stereocenters. The van der Waals surface area contributed by atoms with E-state index in [2.05, 4.69) is 10.2 Å². The summed E-state index contributed by atoms with van der Waals surface area (Å²) in [4.78, 5) is 2.33. The average molecular weight is 255 g/mol. The second kappa shape index (κ2) is 5.84. The maximum atomic E-state index is 9.04. The number of benzene rings is 1. The highest BCUT2D eigenvalue weighted by Crippen LogP contribution is 2.16. The molecule has 4 nitrogen and oxygen atoms in total. The zero-order valence-electron chi connectivity index (χ0n) is 9.56. The van der Waals surface area contributed by atoms with Crippen LogP contribution in [-0.4, -0.2) is 48.2 Å². The third-order valence-corrected chi connectivity index (χ3v) is 3.33. The topological polar surface area (TPSA) is 55.7 Å². The van der Waals surface area contributed by atoms with Gasteiger partial charge in [0.2, 0.25) is 0 Å². The van der Waals surface area contributed by atoms with Crippen LogP contribution in [0.4, 0.5) is 0 Å². The summed E-state index contributed by atoms with van der Waals surface area (Å²) in [6, 6.07) is 5.18. The first kappa shape index (κ1) is 12.9. The van der Waals surface area contributed by atoms with Gasteiger partial charge in [0, 0.05) is 37.7 Å². The highest BCUT2D eigenvalue weighted by atomic mass is 35.5. The summed E-state index contributed by atoms with van der Waals surface area (Å²) < 4.78 is 0. The molecule has 1 heterocycles. The number of halogens is 1. The third kappa shape index (κ3) is 3.44. The number of hydrogen-bond acceptors (Lipinski definition) is 4. The molecule has 0 spiro atoms. The van der Waals surface area contributed by atoms with Crippen LogP contribution in [0.25, 0.3) is 0 Å². The van der Waals surface area contributed by atoms with Crippen LogP contribution in [0.3, 0.4) is 0 Å². The maximum Gasteiger partial charge on any atom is 0.488 e. The fraction of sp³-hybridized carbons (Fsp3) is 0.455. The van der Waals surface area contributed by atoms with E-state index < -0.39 is 7.12 Å². The molecule has 0 bridgehead atoms. The first-order valence-electron chi connectivity index (χ1n) is 5.74. The van der Waals surface area contributed by atoms with E-state index in [9.17, 15) is 0 Å². The summed E-state index contributed by atoms with van der Waals surface area (Å²) in [5.74, 6) is 0. The number of nitrogens with one attached hydrogen (secondary N) is 1. The summed E-state index contributed by atoms with van der Waals surface area (Å²) in [6.07, 6.45) is 0. The molecule has 1 aromatic rings. The van der Waals surface area contributed by atoms with Gasteiger partial charge in [-0.25, -0.2) is 0 Å². The molecule has 0 saturated carbocycles. The Kier molecular flexibility index (Phi) is 4.42. The van der Waals surface area contributed by atoms with E-state index in [1.807, 2.05) is 6.07 Å². The summed E-state index contributed by atoms with van der Waals surface area (Å²) in [5, 5.41) is 22.0. The lowest BCUT2D eigenvalue weighted by Gasteiger charge is -2.27. The third-order valence-electron chi connectivity index (χ3n) is 2.98. The second-order valence-corrected chi connectivity index (χ2v) is 4.66. The van der Waals surface area contributed by atoms with Crippen LogP contribution in [0.2, 0.25) is 5.02 Å². The van der Waals surface area contributed by atoms with Gasteiger partial charge in [-0.2, -0.15) is 0 Å². The van der Waals surface area contributed by atoms with Crippen LogP contribution < -0.4 is 10.8 Å². The second-order valence-electron chi connectivity index (χ2n) is 4.25. The van der Waals surface area contributed by atoms with Crippen molar-refractivity contribution in [1.82, 2.24) is 10.2 Å². The Morgan fingerprint density at radius 3 is 2.59 bits per heavy atom. The lowest BCUT2D eigenvalue weighted by Crippen LogP contribution is -2.43. The normalized spacial score (nSPS) is 17.1. The molecule has 1 aliphatic heterocycles. The van der Waals surface area contributed by atoms with Crippen molar-refractivity contribution >= 4 is 24.2 Å². The van der Waals surface area contributed by atoms with Crippen molar-refractivity contribution in [2.75, 3.05) is 26.2 Å². The van der Waals surface area contributed by atoms with Crippen LogP contribution in [0.1, 0.15) is 5.56 Å². The quantitative estimate of drug-likeness (QED) is 0.632. The summed E-state index contributed by atoms with van der Waals surface area (Å²) in [6.45, 7) is 4.85. The van der Waals surface area contributed by atoms with Crippen LogP contribution in [0.5, 0.6) is 0 Å². The Labute approximate surface area is 106 Å². The molecular weight excluding hydrogens is 238 g/mol. The fourth-order valence-electron chi connectivity index (χ4n) is 1.96. The fourth-order valence-corrected chi connectivity index (χ4v) is 2.21. The molecule has 1 fully saturated rings. The van der Waals surface area contributed by atoms with Crippen molar-refractivity contribution in [3.8, 4) is 0 Å². The van der Waals surface area contributed by atoms with Gasteiger partial charge in [-0.1, -0.05) is 23.7 Å². The number of rotatable bonds is 3. The van der Waals surface area contributed by atoms with Crippen molar-refractivity contribution in [1.29, 1.82) is 0 Å². The zero-order valence-corrected chi connectivity index (χ0v) is 10.3. The summed E-state index contributed by atoms with van der Waals surface area (Å²) in [5.41, 5.74) is 1.46. The molecule has 92 valence electrons. The molecule has 2 rings (SSSR count). The number of hydrogen-bond donors (Lipinski definition) is 3. The van der Waals surface area contributed by atoms with Crippen molar-refractivity contribution in [2.24, 2.45) is 0 Å². The van der Waals surface area contributed by atoms with Crippen molar-refractivity contribution in [3.63, 3.8) is 0 Å². The number of piperazine rings is 1. The van der Waals surface area contributed by atoms with Gasteiger partial charge in [-0.05, 0) is 17.1 Å². The van der Waals surface area contributed by atoms with Gasteiger partial charge >= 0.3 is 7.12 Å². The van der Waals surface area contributed by atoms with E-state index >= 15 is 0 Å². The van der Waals surface area contributed by atoms with Crippen molar-refractivity contribution in [3.05, 3.63) is 28.8 Å². The molecule has 6 heteroatoms. The van der Waals surface area contributed by atoms with Crippen LogP contribution in [0.15, 0.2) is 18.2 Å². The predicted octanol–water partition coefficient (Wildman–Crippen LogP) is -0.575. The summed E-state index contributed by atoms with van der Waals surface area (Å²) in [7, 11) is -1.46. The van der Waals surface area contributed by atoms with Crippen LogP contribution in [0, 0.1) is 0 Å². The van der Waals surface area contributed by atoms with Gasteiger partial charge in [0.15, 0.2) is 0 Å². The molecule has 0 atom stereocenters. The molecule has 17 heavy (non-hydrogen) atoms. The molecule has 0 amide bonds. The average Bonchev–Trinajstić information content (AvgIpc) is 2.33. The van der Waals surface area contributed by atoms with E-state index in [4.69, 9.17) is 21.6 Å². The van der Waals surface area contributed by atoms with E-state index in [1.165, 1.54) is 0 Å². The van der Waals surface area contributed by atoms with Gasteiger partial charge < -0.3 is 15.4 Å². The van der Waals surface area contributed by atoms with Crippen LogP contribution >= 0.6 is 11.6 Å². The molecule has 1 aliphatic rings.